The number of nitrogens with zero attached hydrogens (tertiary/aromatic N) is 4. The maximum Gasteiger partial charge on any atom is 0.342 e. The van der Waals surface area contributed by atoms with Crippen molar-refractivity contribution in [2.24, 2.45) is 0 Å². The number of ether oxygens (including phenoxy) is 1. The standard InChI is InChI=1S/C16H21N5O4S/c1-3-12-14(16(22)25-2)15(19-18-12)26(23,24)21-10-8-20(9-11-21)13-6-4-5-7-17-13/h4-7H,3,8-11H2,1-2H3,(H,18,19). The van der Waals surface area contributed by atoms with Crippen molar-refractivity contribution in [3.05, 3.63) is 35.7 Å². The molecule has 9 nitrogen and oxygen atoms in total. The molecule has 1 aliphatic heterocycles. The van der Waals surface area contributed by atoms with Crippen LogP contribution in [0.5, 0.6) is 0 Å². The second-order valence-corrected chi connectivity index (χ2v) is 7.66. The molecule has 0 bridgehead atoms. The van der Waals surface area contributed by atoms with E-state index in [1.165, 1.54) is 11.4 Å². The van der Waals surface area contributed by atoms with Gasteiger partial charge in [-0.2, -0.15) is 9.40 Å². The number of pyridine rings is 1. The summed E-state index contributed by atoms with van der Waals surface area (Å²) in [5, 5.41) is 6.27. The molecule has 1 N–H and O–H groups in total. The van der Waals surface area contributed by atoms with Crippen molar-refractivity contribution >= 4 is 21.8 Å². The minimum absolute atomic E-state index is 0.0119. The summed E-state index contributed by atoms with van der Waals surface area (Å²) in [7, 11) is -2.68. The fourth-order valence-corrected chi connectivity index (χ4v) is 4.45. The Morgan fingerprint density at radius 1 is 1.27 bits per heavy atom. The van der Waals surface area contributed by atoms with Gasteiger partial charge in [0.1, 0.15) is 11.4 Å². The third-order valence-electron chi connectivity index (χ3n) is 4.35. The van der Waals surface area contributed by atoms with Crippen LogP contribution in [0.1, 0.15) is 23.0 Å². The van der Waals surface area contributed by atoms with Crippen LogP contribution in [0.25, 0.3) is 0 Å². The second-order valence-electron chi connectivity index (χ2n) is 5.81. The van der Waals surface area contributed by atoms with Gasteiger partial charge in [-0.3, -0.25) is 5.10 Å². The van der Waals surface area contributed by atoms with E-state index in [1.54, 1.807) is 6.20 Å². The van der Waals surface area contributed by atoms with Crippen LogP contribution >= 0.6 is 0 Å². The van der Waals surface area contributed by atoms with Crippen molar-refractivity contribution in [2.75, 3.05) is 38.2 Å². The zero-order chi connectivity index (χ0) is 18.7. The lowest BCUT2D eigenvalue weighted by molar-refractivity contribution is 0.0595. The maximum absolute atomic E-state index is 13.0. The number of rotatable bonds is 5. The van der Waals surface area contributed by atoms with E-state index in [9.17, 15) is 13.2 Å². The van der Waals surface area contributed by atoms with Gasteiger partial charge in [0.2, 0.25) is 5.03 Å². The molecular weight excluding hydrogens is 358 g/mol. The Morgan fingerprint density at radius 3 is 2.58 bits per heavy atom. The molecule has 0 radical (unpaired) electrons. The molecule has 1 saturated heterocycles. The van der Waals surface area contributed by atoms with Gasteiger partial charge in [-0.1, -0.05) is 13.0 Å². The number of anilines is 1. The smallest absolute Gasteiger partial charge is 0.342 e. The van der Waals surface area contributed by atoms with Crippen LogP contribution in [0.4, 0.5) is 5.82 Å². The molecule has 0 aromatic carbocycles. The number of sulfonamides is 1. The summed E-state index contributed by atoms with van der Waals surface area (Å²) in [6.07, 6.45) is 2.15. The van der Waals surface area contributed by atoms with E-state index in [1.807, 2.05) is 30.0 Å². The van der Waals surface area contributed by atoms with E-state index in [-0.39, 0.29) is 23.7 Å². The first-order valence-corrected chi connectivity index (χ1v) is 9.74. The normalized spacial score (nSPS) is 15.8. The predicted octanol–water partition coefficient (Wildman–Crippen LogP) is 0.665. The van der Waals surface area contributed by atoms with Crippen molar-refractivity contribution < 1.29 is 17.9 Å². The molecule has 1 aliphatic rings. The summed E-state index contributed by atoms with van der Waals surface area (Å²) in [5.41, 5.74) is 0.435. The van der Waals surface area contributed by atoms with Gasteiger partial charge < -0.3 is 9.64 Å². The number of aryl methyl sites for hydroxylation is 1. The Morgan fingerprint density at radius 2 is 2.00 bits per heavy atom. The number of hydrogen-bond acceptors (Lipinski definition) is 7. The molecule has 0 aliphatic carbocycles. The van der Waals surface area contributed by atoms with E-state index >= 15 is 0 Å². The van der Waals surface area contributed by atoms with Crippen LogP contribution in [-0.4, -0.2) is 67.2 Å². The van der Waals surface area contributed by atoms with E-state index < -0.39 is 16.0 Å². The highest BCUT2D eigenvalue weighted by Crippen LogP contribution is 2.24. The first-order valence-electron chi connectivity index (χ1n) is 8.30. The van der Waals surface area contributed by atoms with Crippen molar-refractivity contribution in [1.82, 2.24) is 19.5 Å². The van der Waals surface area contributed by atoms with Crippen molar-refractivity contribution in [1.29, 1.82) is 0 Å². The molecular formula is C16H21N5O4S. The molecule has 0 saturated carbocycles. The van der Waals surface area contributed by atoms with Gasteiger partial charge in [0.25, 0.3) is 10.0 Å². The first kappa shape index (κ1) is 18.3. The van der Waals surface area contributed by atoms with Gasteiger partial charge in [0, 0.05) is 32.4 Å². The summed E-state index contributed by atoms with van der Waals surface area (Å²) in [4.78, 5) is 18.4. The van der Waals surface area contributed by atoms with Crippen LogP contribution in [0.2, 0.25) is 0 Å². The van der Waals surface area contributed by atoms with Crippen LogP contribution < -0.4 is 4.90 Å². The highest BCUT2D eigenvalue weighted by Gasteiger charge is 2.36. The lowest BCUT2D eigenvalue weighted by Gasteiger charge is -2.34. The second kappa shape index (κ2) is 7.42. The highest BCUT2D eigenvalue weighted by atomic mass is 32.2. The van der Waals surface area contributed by atoms with Crippen LogP contribution in [0.3, 0.4) is 0 Å². The van der Waals surface area contributed by atoms with Gasteiger partial charge in [-0.05, 0) is 18.6 Å². The Labute approximate surface area is 152 Å². The molecule has 1 fully saturated rings. The van der Waals surface area contributed by atoms with Crippen molar-refractivity contribution in [3.8, 4) is 0 Å². The minimum atomic E-state index is -3.90. The topological polar surface area (TPSA) is 108 Å². The Bertz CT molecular complexity index is 873. The number of carbonyl (C=O) groups is 1. The zero-order valence-electron chi connectivity index (χ0n) is 14.7. The quantitative estimate of drug-likeness (QED) is 0.760. The van der Waals surface area contributed by atoms with Crippen LogP contribution in [-0.2, 0) is 21.2 Å². The van der Waals surface area contributed by atoms with E-state index in [0.29, 0.717) is 25.2 Å². The molecule has 26 heavy (non-hydrogen) atoms. The Hall–Kier alpha value is -2.46. The lowest BCUT2D eigenvalue weighted by atomic mass is 10.2. The monoisotopic (exact) mass is 379 g/mol. The zero-order valence-corrected chi connectivity index (χ0v) is 15.5. The summed E-state index contributed by atoms with van der Waals surface area (Å²) < 4.78 is 32.1. The number of hydrogen-bond donors (Lipinski definition) is 1. The number of carbonyl (C=O) groups excluding carboxylic acids is 1. The van der Waals surface area contributed by atoms with Gasteiger partial charge in [-0.25, -0.2) is 18.2 Å². The lowest BCUT2D eigenvalue weighted by Crippen LogP contribution is -2.49. The van der Waals surface area contributed by atoms with Gasteiger partial charge in [-0.15, -0.1) is 0 Å². The number of aromatic amines is 1. The number of methoxy groups -OCH3 is 1. The van der Waals surface area contributed by atoms with Crippen molar-refractivity contribution in [2.45, 2.75) is 18.4 Å². The van der Waals surface area contributed by atoms with Gasteiger partial charge >= 0.3 is 5.97 Å². The molecule has 0 atom stereocenters. The third-order valence-corrected chi connectivity index (χ3v) is 6.18. The number of H-pyrrole nitrogens is 1. The van der Waals surface area contributed by atoms with Crippen LogP contribution in [0, 0.1) is 0 Å². The molecule has 2 aromatic heterocycles. The molecule has 0 spiro atoms. The minimum Gasteiger partial charge on any atom is -0.465 e. The molecule has 0 amide bonds. The summed E-state index contributed by atoms with van der Waals surface area (Å²) in [6, 6.07) is 5.62. The molecule has 10 heteroatoms. The summed E-state index contributed by atoms with van der Waals surface area (Å²) >= 11 is 0. The first-order chi connectivity index (χ1) is 12.5. The maximum atomic E-state index is 13.0. The van der Waals surface area contributed by atoms with Gasteiger partial charge in [0.05, 0.1) is 12.8 Å². The summed E-state index contributed by atoms with van der Waals surface area (Å²) in [5.74, 6) is 0.106. The largest absolute Gasteiger partial charge is 0.465 e. The third kappa shape index (κ3) is 3.29. The van der Waals surface area contributed by atoms with Gasteiger partial charge in [0.15, 0.2) is 0 Å². The number of piperazine rings is 1. The number of esters is 1. The average molecular weight is 379 g/mol. The fourth-order valence-electron chi connectivity index (χ4n) is 2.93. The molecule has 3 rings (SSSR count). The van der Waals surface area contributed by atoms with Crippen molar-refractivity contribution in [3.63, 3.8) is 0 Å². The van der Waals surface area contributed by atoms with E-state index in [0.717, 1.165) is 5.82 Å². The molecule has 3 heterocycles. The average Bonchev–Trinajstić information content (AvgIpc) is 3.13. The fraction of sp³-hybridized carbons (Fsp3) is 0.438. The number of aromatic nitrogens is 3. The SMILES string of the molecule is CCc1[nH]nc(S(=O)(=O)N2CCN(c3ccccn3)CC2)c1C(=O)OC. The summed E-state index contributed by atoms with van der Waals surface area (Å²) in [6.45, 7) is 3.40. The highest BCUT2D eigenvalue weighted by molar-refractivity contribution is 7.89. The van der Waals surface area contributed by atoms with E-state index in [4.69, 9.17) is 4.74 Å². The van der Waals surface area contributed by atoms with E-state index in [2.05, 4.69) is 15.2 Å². The molecule has 2 aromatic rings. The molecule has 0 unspecified atom stereocenters. The predicted molar refractivity (Wildman–Crippen MR) is 94.5 cm³/mol. The Kier molecular flexibility index (Phi) is 5.23. The molecule has 140 valence electrons. The Balaban J connectivity index is 1.82. The number of nitrogens with one attached hydrogen (secondary N) is 1. The van der Waals surface area contributed by atoms with Crippen LogP contribution in [0.15, 0.2) is 29.4 Å².